The van der Waals surface area contributed by atoms with Crippen LogP contribution in [0.3, 0.4) is 0 Å². The molecule has 0 bridgehead atoms. The normalized spacial score (nSPS) is 11.8. The molecule has 0 saturated heterocycles. The zero-order valence-electron chi connectivity index (χ0n) is 11.6. The number of aromatic amines is 2. The molecule has 2 N–H and O–H groups in total. The molecule has 21 heavy (non-hydrogen) atoms. The first-order valence-corrected chi connectivity index (χ1v) is 6.65. The summed E-state index contributed by atoms with van der Waals surface area (Å²) in [6.45, 7) is 2.30. The molecule has 5 nitrogen and oxygen atoms in total. The number of nitrogens with zero attached hydrogens (tertiary/aromatic N) is 1. The Morgan fingerprint density at radius 1 is 1.10 bits per heavy atom. The fourth-order valence-corrected chi connectivity index (χ4v) is 2.09. The van der Waals surface area contributed by atoms with Crippen LogP contribution in [0.2, 0.25) is 0 Å². The lowest BCUT2D eigenvalue weighted by molar-refractivity contribution is 0.130. The van der Waals surface area contributed by atoms with Crippen molar-refractivity contribution in [3.05, 3.63) is 70.1 Å². The minimum Gasteiger partial charge on any atom is -0.391 e. The van der Waals surface area contributed by atoms with Crippen molar-refractivity contribution < 1.29 is 4.84 Å². The minimum atomic E-state index is -0.211. The van der Waals surface area contributed by atoms with E-state index in [1.807, 2.05) is 55.5 Å². The molecule has 0 unspecified atom stereocenters. The first kappa shape index (κ1) is 13.2. The summed E-state index contributed by atoms with van der Waals surface area (Å²) in [5.41, 5.74) is 4.06. The van der Waals surface area contributed by atoms with Crippen LogP contribution in [0.25, 0.3) is 11.0 Å². The molecule has 1 heterocycles. The maximum atomic E-state index is 11.2. The highest BCUT2D eigenvalue weighted by Gasteiger charge is 2.03. The number of oxime groups is 1. The summed E-state index contributed by atoms with van der Waals surface area (Å²) in [5.74, 6) is 0. The second-order valence-electron chi connectivity index (χ2n) is 4.78. The van der Waals surface area contributed by atoms with Gasteiger partial charge in [-0.3, -0.25) is 0 Å². The molecule has 1 aromatic heterocycles. The van der Waals surface area contributed by atoms with Gasteiger partial charge in [0.1, 0.15) is 6.61 Å². The maximum Gasteiger partial charge on any atom is 0.323 e. The number of imidazole rings is 1. The van der Waals surface area contributed by atoms with Gasteiger partial charge >= 0.3 is 5.69 Å². The molecule has 0 atom stereocenters. The average Bonchev–Trinajstić information content (AvgIpc) is 2.87. The number of benzene rings is 2. The van der Waals surface area contributed by atoms with E-state index in [1.54, 1.807) is 0 Å². The molecule has 0 aliphatic rings. The van der Waals surface area contributed by atoms with Crippen molar-refractivity contribution in [3.63, 3.8) is 0 Å². The van der Waals surface area contributed by atoms with E-state index in [0.717, 1.165) is 27.9 Å². The van der Waals surface area contributed by atoms with E-state index in [4.69, 9.17) is 4.84 Å². The van der Waals surface area contributed by atoms with Crippen LogP contribution in [0.4, 0.5) is 0 Å². The lowest BCUT2D eigenvalue weighted by Gasteiger charge is -2.03. The fourth-order valence-electron chi connectivity index (χ4n) is 2.09. The Morgan fingerprint density at radius 3 is 2.67 bits per heavy atom. The molecule has 5 heteroatoms. The minimum absolute atomic E-state index is 0.211. The highest BCUT2D eigenvalue weighted by Crippen LogP contribution is 2.11. The molecule has 0 aliphatic carbocycles. The molecule has 0 radical (unpaired) electrons. The van der Waals surface area contributed by atoms with Gasteiger partial charge in [-0.1, -0.05) is 41.6 Å². The monoisotopic (exact) mass is 281 g/mol. The Labute approximate surface area is 121 Å². The number of H-pyrrole nitrogens is 2. The topological polar surface area (TPSA) is 70.2 Å². The van der Waals surface area contributed by atoms with E-state index in [2.05, 4.69) is 15.1 Å². The first-order valence-electron chi connectivity index (χ1n) is 6.65. The fraction of sp³-hybridized carbons (Fsp3) is 0.125. The third kappa shape index (κ3) is 3.02. The van der Waals surface area contributed by atoms with Crippen LogP contribution >= 0.6 is 0 Å². The van der Waals surface area contributed by atoms with E-state index < -0.39 is 0 Å². The average molecular weight is 281 g/mol. The van der Waals surface area contributed by atoms with Crippen molar-refractivity contribution in [1.29, 1.82) is 0 Å². The third-order valence-electron chi connectivity index (χ3n) is 3.21. The van der Waals surface area contributed by atoms with Gasteiger partial charge in [-0.05, 0) is 24.6 Å². The van der Waals surface area contributed by atoms with Crippen molar-refractivity contribution in [2.24, 2.45) is 5.16 Å². The molecule has 0 aliphatic heterocycles. The van der Waals surface area contributed by atoms with E-state index in [9.17, 15) is 4.79 Å². The number of hydrogen-bond donors (Lipinski definition) is 2. The number of rotatable bonds is 4. The summed E-state index contributed by atoms with van der Waals surface area (Å²) < 4.78 is 0. The van der Waals surface area contributed by atoms with Gasteiger partial charge in [0.05, 0.1) is 16.7 Å². The van der Waals surface area contributed by atoms with Crippen LogP contribution in [0.5, 0.6) is 0 Å². The largest absolute Gasteiger partial charge is 0.391 e. The summed E-state index contributed by atoms with van der Waals surface area (Å²) in [4.78, 5) is 22.0. The molecule has 0 fully saturated rings. The molecule has 0 spiro atoms. The molecule has 3 aromatic rings. The van der Waals surface area contributed by atoms with Gasteiger partial charge < -0.3 is 14.8 Å². The van der Waals surface area contributed by atoms with Crippen molar-refractivity contribution in [1.82, 2.24) is 9.97 Å². The first-order chi connectivity index (χ1) is 10.2. The Bertz CT molecular complexity index is 831. The molecule has 0 amide bonds. The second-order valence-corrected chi connectivity index (χ2v) is 4.78. The second kappa shape index (κ2) is 5.66. The van der Waals surface area contributed by atoms with Crippen molar-refractivity contribution in [3.8, 4) is 0 Å². The van der Waals surface area contributed by atoms with E-state index in [1.165, 1.54) is 0 Å². The summed E-state index contributed by atoms with van der Waals surface area (Å²) in [6, 6.07) is 15.5. The van der Waals surface area contributed by atoms with Gasteiger partial charge in [0, 0.05) is 5.56 Å². The predicted molar refractivity (Wildman–Crippen MR) is 82.4 cm³/mol. The van der Waals surface area contributed by atoms with Gasteiger partial charge in [-0.15, -0.1) is 0 Å². The van der Waals surface area contributed by atoms with Gasteiger partial charge in [-0.25, -0.2) is 4.79 Å². The van der Waals surface area contributed by atoms with Gasteiger partial charge in [-0.2, -0.15) is 0 Å². The molecule has 3 rings (SSSR count). The number of fused-ring (bicyclic) bond motifs is 1. The van der Waals surface area contributed by atoms with E-state index in [0.29, 0.717) is 6.61 Å². The van der Waals surface area contributed by atoms with Gasteiger partial charge in [0.2, 0.25) is 0 Å². The summed E-state index contributed by atoms with van der Waals surface area (Å²) in [5, 5.41) is 4.12. The molecular formula is C16H15N3O2. The van der Waals surface area contributed by atoms with Crippen molar-refractivity contribution in [2.45, 2.75) is 13.5 Å². The van der Waals surface area contributed by atoms with Crippen LogP contribution in [0.1, 0.15) is 18.1 Å². The Balaban J connectivity index is 1.74. The molecular weight excluding hydrogens is 266 g/mol. The lowest BCUT2D eigenvalue weighted by Crippen LogP contribution is -1.99. The zero-order chi connectivity index (χ0) is 14.7. The summed E-state index contributed by atoms with van der Waals surface area (Å²) in [7, 11) is 0. The number of nitrogens with one attached hydrogen (secondary N) is 2. The van der Waals surface area contributed by atoms with Crippen LogP contribution in [-0.4, -0.2) is 15.7 Å². The standard InChI is InChI=1S/C16H15N3O2/c1-11(19-21-10-12-5-3-2-4-6-12)13-7-8-14-15(9-13)18-16(20)17-14/h2-9H,10H2,1H3,(H2,17,18,20). The van der Waals surface area contributed by atoms with Gasteiger partial charge in [0.25, 0.3) is 0 Å². The Hall–Kier alpha value is -2.82. The molecule has 2 aromatic carbocycles. The third-order valence-corrected chi connectivity index (χ3v) is 3.21. The summed E-state index contributed by atoms with van der Waals surface area (Å²) >= 11 is 0. The highest BCUT2D eigenvalue weighted by atomic mass is 16.6. The van der Waals surface area contributed by atoms with Crippen LogP contribution < -0.4 is 5.69 Å². The van der Waals surface area contributed by atoms with Crippen LogP contribution in [-0.2, 0) is 11.4 Å². The Kier molecular flexibility index (Phi) is 3.55. The van der Waals surface area contributed by atoms with E-state index in [-0.39, 0.29) is 5.69 Å². The Morgan fingerprint density at radius 2 is 1.86 bits per heavy atom. The number of aromatic nitrogens is 2. The zero-order valence-corrected chi connectivity index (χ0v) is 11.6. The smallest absolute Gasteiger partial charge is 0.323 e. The van der Waals surface area contributed by atoms with Crippen molar-refractivity contribution >= 4 is 16.7 Å². The maximum absolute atomic E-state index is 11.2. The lowest BCUT2D eigenvalue weighted by atomic mass is 10.1. The van der Waals surface area contributed by atoms with Gasteiger partial charge in [0.15, 0.2) is 0 Å². The number of hydrogen-bond acceptors (Lipinski definition) is 3. The predicted octanol–water partition coefficient (Wildman–Crippen LogP) is 2.80. The SMILES string of the molecule is CC(=NOCc1ccccc1)c1ccc2[nH]c(=O)[nH]c2c1. The quantitative estimate of drug-likeness (QED) is 0.570. The highest BCUT2D eigenvalue weighted by molar-refractivity contribution is 6.00. The molecule has 0 saturated carbocycles. The van der Waals surface area contributed by atoms with Crippen molar-refractivity contribution in [2.75, 3.05) is 0 Å². The molecule has 106 valence electrons. The van der Waals surface area contributed by atoms with Crippen LogP contribution in [0.15, 0.2) is 58.5 Å². The van der Waals surface area contributed by atoms with E-state index >= 15 is 0 Å². The summed E-state index contributed by atoms with van der Waals surface area (Å²) in [6.07, 6.45) is 0. The van der Waals surface area contributed by atoms with Crippen LogP contribution in [0, 0.1) is 0 Å².